The minimum Gasteiger partial charge on any atom is -0.378 e. The lowest BCUT2D eigenvalue weighted by Gasteiger charge is -2.36. The minimum absolute atomic E-state index is 0.0917. The van der Waals surface area contributed by atoms with Gasteiger partial charge in [-0.05, 0) is 98.5 Å². The van der Waals surface area contributed by atoms with Gasteiger partial charge in [-0.15, -0.1) is 0 Å². The zero-order valence-corrected chi connectivity index (χ0v) is 38.7. The number of nitrogens with zero attached hydrogens (tertiary/aromatic N) is 5. The highest BCUT2D eigenvalue weighted by atomic mass is 16.2. The van der Waals surface area contributed by atoms with Crippen molar-refractivity contribution in [3.05, 3.63) is 89.5 Å². The quantitative estimate of drug-likeness (QED) is 0.102. The van der Waals surface area contributed by atoms with E-state index in [2.05, 4.69) is 132 Å². The van der Waals surface area contributed by atoms with Crippen molar-refractivity contribution in [2.75, 3.05) is 82.2 Å². The van der Waals surface area contributed by atoms with Crippen LogP contribution in [0.15, 0.2) is 72.8 Å². The fraction of sp³-hybridized carbons (Fsp3) is 0.531. The van der Waals surface area contributed by atoms with E-state index in [1.54, 1.807) is 6.92 Å². The molecule has 4 unspecified atom stereocenters. The first kappa shape index (κ1) is 48.4. The Balaban J connectivity index is 1.04. The summed E-state index contributed by atoms with van der Waals surface area (Å²) < 4.78 is 0. The molecule has 2 saturated heterocycles. The van der Waals surface area contributed by atoms with E-state index < -0.39 is 30.1 Å². The normalized spacial score (nSPS) is 16.7. The highest BCUT2D eigenvalue weighted by Crippen LogP contribution is 2.35. The highest BCUT2D eigenvalue weighted by molar-refractivity contribution is 5.95. The maximum Gasteiger partial charge on any atom is 0.245 e. The second-order valence-corrected chi connectivity index (χ2v) is 17.9. The highest BCUT2D eigenvalue weighted by Gasteiger charge is 2.38. The number of nitrogens with one attached hydrogen (secondary N) is 3. The summed E-state index contributed by atoms with van der Waals surface area (Å²) in [5.41, 5.74) is 12.8. The van der Waals surface area contributed by atoms with E-state index in [0.717, 1.165) is 31.6 Å². The first-order valence-electron chi connectivity index (χ1n) is 22.7. The Morgan fingerprint density at radius 2 is 1.22 bits per heavy atom. The molecule has 63 heavy (non-hydrogen) atoms. The van der Waals surface area contributed by atoms with E-state index in [-0.39, 0.29) is 35.5 Å². The van der Waals surface area contributed by atoms with Crippen LogP contribution in [-0.4, -0.2) is 131 Å². The van der Waals surface area contributed by atoms with Gasteiger partial charge in [0.25, 0.3) is 0 Å². The third-order valence-electron chi connectivity index (χ3n) is 12.3. The van der Waals surface area contributed by atoms with Crippen molar-refractivity contribution < 1.29 is 24.0 Å². The maximum absolute atomic E-state index is 13.4. The molecule has 5 amide bonds. The molecular weight excluding hydrogens is 795 g/mol. The van der Waals surface area contributed by atoms with Crippen LogP contribution in [0.1, 0.15) is 88.8 Å². The average Bonchev–Trinajstić information content (AvgIpc) is 3.77. The summed E-state index contributed by atoms with van der Waals surface area (Å²) in [5.74, 6) is -1.39. The first-order valence-corrected chi connectivity index (χ1v) is 22.7. The Morgan fingerprint density at radius 3 is 1.73 bits per heavy atom. The third-order valence-corrected chi connectivity index (χ3v) is 12.3. The van der Waals surface area contributed by atoms with E-state index in [1.807, 2.05) is 18.7 Å². The average molecular weight is 866 g/mol. The topological polar surface area (TPSA) is 164 Å². The molecule has 0 spiro atoms. The number of anilines is 3. The van der Waals surface area contributed by atoms with Crippen LogP contribution in [0.4, 0.5) is 17.1 Å². The van der Waals surface area contributed by atoms with Gasteiger partial charge >= 0.3 is 0 Å². The van der Waals surface area contributed by atoms with Crippen LogP contribution in [0, 0.1) is 5.92 Å². The summed E-state index contributed by atoms with van der Waals surface area (Å²) in [7, 11) is 8.23. The molecule has 4 atom stereocenters. The largest absolute Gasteiger partial charge is 0.378 e. The van der Waals surface area contributed by atoms with Crippen LogP contribution in [-0.2, 0) is 24.0 Å². The molecular formula is C49H71N9O5. The number of hydrogen-bond acceptors (Lipinski definition) is 9. The summed E-state index contributed by atoms with van der Waals surface area (Å²) in [6.45, 7) is 10.6. The lowest BCUT2D eigenvalue weighted by molar-refractivity contribution is -0.142. The van der Waals surface area contributed by atoms with Crippen molar-refractivity contribution >= 4 is 46.6 Å². The Bertz CT molecular complexity index is 1930. The Kier molecular flexibility index (Phi) is 17.4. The van der Waals surface area contributed by atoms with Gasteiger partial charge < -0.3 is 46.2 Å². The van der Waals surface area contributed by atoms with E-state index in [4.69, 9.17) is 5.73 Å². The zero-order chi connectivity index (χ0) is 45.8. The van der Waals surface area contributed by atoms with Crippen LogP contribution < -0.4 is 36.4 Å². The van der Waals surface area contributed by atoms with E-state index in [1.165, 1.54) is 39.9 Å². The monoisotopic (exact) mass is 866 g/mol. The molecule has 14 heteroatoms. The fourth-order valence-corrected chi connectivity index (χ4v) is 8.40. The molecule has 342 valence electrons. The number of piperazine rings is 1. The molecule has 0 saturated carbocycles. The molecule has 5 rings (SSSR count). The molecule has 0 radical (unpaired) electrons. The molecule has 14 nitrogen and oxygen atoms in total. The summed E-state index contributed by atoms with van der Waals surface area (Å²) >= 11 is 0. The number of nitrogens with two attached hydrogens (primary N) is 1. The van der Waals surface area contributed by atoms with E-state index >= 15 is 0 Å². The van der Waals surface area contributed by atoms with Gasteiger partial charge in [0.15, 0.2) is 0 Å². The van der Waals surface area contributed by atoms with E-state index in [0.29, 0.717) is 51.9 Å². The molecule has 2 aliphatic rings. The number of carbonyl (C=O) groups excluding carboxylic acids is 5. The predicted octanol–water partition coefficient (Wildman–Crippen LogP) is 4.31. The van der Waals surface area contributed by atoms with Gasteiger partial charge in [0, 0.05) is 96.9 Å². The Morgan fingerprint density at radius 1 is 0.683 bits per heavy atom. The number of benzene rings is 3. The molecule has 0 aliphatic carbocycles. The van der Waals surface area contributed by atoms with Gasteiger partial charge in [-0.1, -0.05) is 56.7 Å². The first-order chi connectivity index (χ1) is 30.0. The van der Waals surface area contributed by atoms with Gasteiger partial charge in [-0.2, -0.15) is 0 Å². The third kappa shape index (κ3) is 13.0. The smallest absolute Gasteiger partial charge is 0.245 e. The Labute approximate surface area is 374 Å². The van der Waals surface area contributed by atoms with Gasteiger partial charge in [-0.25, -0.2) is 0 Å². The number of carbonyl (C=O) groups is 5. The standard InChI is InChI=1S/C49H71N9O5/c1-33(2)45(53-47(61)42-13-12-28-58(42)49(63)35(4)52-46(60)34(3)50)48(62)51-27-11-9-10-14-43(59)57-31-29-56(30-32-57)41-25-19-38(20-26-41)44(36-15-21-39(22-16-36)54(5)6)37-17-23-40(24-18-37)55(7)8/h15-26,33-35,42,44-45H,9-14,27-32,50H2,1-8H3,(H,51,62)(H,52,60)(H,53,61). The molecule has 2 aliphatic heterocycles. The van der Waals surface area contributed by atoms with Crippen molar-refractivity contribution in [1.29, 1.82) is 0 Å². The van der Waals surface area contributed by atoms with Gasteiger partial charge in [0.1, 0.15) is 18.1 Å². The van der Waals surface area contributed by atoms with Crippen LogP contribution in [0.2, 0.25) is 0 Å². The van der Waals surface area contributed by atoms with Gasteiger partial charge in [0.2, 0.25) is 29.5 Å². The molecule has 3 aromatic rings. The zero-order valence-electron chi connectivity index (χ0n) is 38.7. The van der Waals surface area contributed by atoms with Crippen LogP contribution in [0.25, 0.3) is 0 Å². The second-order valence-electron chi connectivity index (χ2n) is 17.9. The van der Waals surface area contributed by atoms with Crippen LogP contribution in [0.3, 0.4) is 0 Å². The van der Waals surface area contributed by atoms with Gasteiger partial charge in [-0.3, -0.25) is 24.0 Å². The van der Waals surface area contributed by atoms with Crippen molar-refractivity contribution in [3.8, 4) is 0 Å². The summed E-state index contributed by atoms with van der Waals surface area (Å²) in [6.07, 6.45) is 3.81. The van der Waals surface area contributed by atoms with Gasteiger partial charge in [0.05, 0.1) is 6.04 Å². The SMILES string of the molecule is CC(N)C(=O)NC(C)C(=O)N1CCCC1C(=O)NC(C(=O)NCCCCCC(=O)N1CCN(c2ccc(C(c3ccc(N(C)C)cc3)c3ccc(N(C)C)cc3)cc2)CC1)C(C)C. The molecule has 0 aromatic heterocycles. The number of hydrogen-bond donors (Lipinski definition) is 4. The number of amides is 5. The van der Waals surface area contributed by atoms with Crippen LogP contribution >= 0.6 is 0 Å². The van der Waals surface area contributed by atoms with Crippen LogP contribution in [0.5, 0.6) is 0 Å². The molecule has 5 N–H and O–H groups in total. The fourth-order valence-electron chi connectivity index (χ4n) is 8.40. The van der Waals surface area contributed by atoms with E-state index in [9.17, 15) is 24.0 Å². The summed E-state index contributed by atoms with van der Waals surface area (Å²) in [5, 5.41) is 8.44. The number of unbranched alkanes of at least 4 members (excludes halogenated alkanes) is 2. The maximum atomic E-state index is 13.4. The summed E-state index contributed by atoms with van der Waals surface area (Å²) in [6, 6.07) is 23.4. The van der Waals surface area contributed by atoms with Crippen molar-refractivity contribution in [2.24, 2.45) is 11.7 Å². The molecule has 2 heterocycles. The molecule has 3 aromatic carbocycles. The Hall–Kier alpha value is -5.63. The predicted molar refractivity (Wildman–Crippen MR) is 252 cm³/mol. The lowest BCUT2D eigenvalue weighted by Crippen LogP contribution is -2.57. The van der Waals surface area contributed by atoms with Crippen molar-refractivity contribution in [3.63, 3.8) is 0 Å². The number of likely N-dealkylation sites (tertiary alicyclic amines) is 1. The molecule has 0 bridgehead atoms. The second kappa shape index (κ2) is 22.6. The lowest BCUT2D eigenvalue weighted by atomic mass is 9.85. The minimum atomic E-state index is -0.827. The summed E-state index contributed by atoms with van der Waals surface area (Å²) in [4.78, 5) is 74.9. The van der Waals surface area contributed by atoms with Crippen molar-refractivity contribution in [2.45, 2.75) is 96.3 Å². The number of rotatable bonds is 19. The van der Waals surface area contributed by atoms with Crippen molar-refractivity contribution in [1.82, 2.24) is 25.8 Å². The molecule has 2 fully saturated rings.